The molecule has 23 heavy (non-hydrogen) atoms. The van der Waals surface area contributed by atoms with E-state index in [2.05, 4.69) is 31.0 Å². The van der Waals surface area contributed by atoms with Crippen molar-refractivity contribution >= 4 is 11.8 Å². The van der Waals surface area contributed by atoms with E-state index >= 15 is 0 Å². The first-order valence-electron chi connectivity index (χ1n) is 6.13. The molecule has 0 spiro atoms. The predicted molar refractivity (Wildman–Crippen MR) is 68.8 cm³/mol. The van der Waals surface area contributed by atoms with E-state index in [-0.39, 0.29) is 17.9 Å². The Labute approximate surface area is 127 Å². The van der Waals surface area contributed by atoms with E-state index in [0.717, 1.165) is 12.1 Å². The van der Waals surface area contributed by atoms with Gasteiger partial charge in [-0.25, -0.2) is 0 Å². The van der Waals surface area contributed by atoms with Crippen LogP contribution in [0.5, 0.6) is 5.75 Å². The summed E-state index contributed by atoms with van der Waals surface area (Å²) in [6, 6.07) is 4.79. The van der Waals surface area contributed by atoms with E-state index in [0.29, 0.717) is 5.56 Å². The minimum absolute atomic E-state index is 0.0149. The fourth-order valence-electron chi connectivity index (χ4n) is 1.54. The summed E-state index contributed by atoms with van der Waals surface area (Å²) in [6.45, 7) is 0. The van der Waals surface area contributed by atoms with Crippen molar-refractivity contribution in [1.82, 2.24) is 26.3 Å². The number of aromatic amines is 1. The van der Waals surface area contributed by atoms with Crippen LogP contribution in [-0.4, -0.2) is 33.6 Å². The number of H-pyrrole nitrogens is 1. The molecule has 3 N–H and O–H groups in total. The summed E-state index contributed by atoms with van der Waals surface area (Å²) in [4.78, 5) is 23.1. The van der Waals surface area contributed by atoms with E-state index in [9.17, 15) is 22.8 Å². The topological polar surface area (TPSA) is 109 Å². The molecule has 122 valence electrons. The first-order valence-corrected chi connectivity index (χ1v) is 6.13. The van der Waals surface area contributed by atoms with Crippen LogP contribution in [0.25, 0.3) is 0 Å². The maximum absolute atomic E-state index is 12.0. The average Bonchev–Trinajstić information content (AvgIpc) is 2.99. The number of rotatable bonds is 4. The van der Waals surface area contributed by atoms with Crippen LogP contribution in [-0.2, 0) is 11.2 Å². The van der Waals surface area contributed by atoms with E-state index in [1.54, 1.807) is 0 Å². The molecular formula is C12H10F3N5O3. The highest BCUT2D eigenvalue weighted by atomic mass is 19.4. The first-order chi connectivity index (χ1) is 10.8. The summed E-state index contributed by atoms with van der Waals surface area (Å²) >= 11 is 0. The number of ether oxygens (including phenoxy) is 1. The van der Waals surface area contributed by atoms with Gasteiger partial charge in [-0.3, -0.25) is 20.4 Å². The molecule has 0 aliphatic rings. The molecule has 8 nitrogen and oxygen atoms in total. The Morgan fingerprint density at radius 1 is 1.17 bits per heavy atom. The van der Waals surface area contributed by atoms with Gasteiger partial charge in [-0.05, 0) is 17.7 Å². The zero-order chi connectivity index (χ0) is 16.9. The summed E-state index contributed by atoms with van der Waals surface area (Å²) in [6.07, 6.45) is -3.75. The second kappa shape index (κ2) is 6.77. The van der Waals surface area contributed by atoms with Gasteiger partial charge in [0.25, 0.3) is 5.91 Å². The molecule has 2 aromatic rings. The second-order valence-electron chi connectivity index (χ2n) is 4.23. The lowest BCUT2D eigenvalue weighted by atomic mass is 10.1. The lowest BCUT2D eigenvalue weighted by Crippen LogP contribution is -2.42. The molecule has 2 amide bonds. The number of hydrazine groups is 1. The Kier molecular flexibility index (Phi) is 4.79. The van der Waals surface area contributed by atoms with Gasteiger partial charge >= 0.3 is 6.36 Å². The number of nitrogens with one attached hydrogen (secondary N) is 3. The standard InChI is InChI=1S/C12H10F3N5O3/c13-12(14,15)23-8-3-1-7(2-4-8)5-10(21)18-19-11(22)9-6-16-20-17-9/h1-4,6H,5H2,(H,18,21)(H,19,22)(H,16,17,20). The number of hydrogen-bond acceptors (Lipinski definition) is 5. The minimum atomic E-state index is -4.77. The summed E-state index contributed by atoms with van der Waals surface area (Å²) in [5.41, 5.74) is 4.68. The number of halogens is 3. The molecular weight excluding hydrogens is 319 g/mol. The zero-order valence-corrected chi connectivity index (χ0v) is 11.3. The van der Waals surface area contributed by atoms with Gasteiger partial charge in [-0.2, -0.15) is 15.4 Å². The number of hydrogen-bond donors (Lipinski definition) is 3. The van der Waals surface area contributed by atoms with Gasteiger partial charge in [-0.15, -0.1) is 13.2 Å². The van der Waals surface area contributed by atoms with E-state index in [1.165, 1.54) is 18.3 Å². The summed E-state index contributed by atoms with van der Waals surface area (Å²) in [5, 5.41) is 9.18. The Morgan fingerprint density at radius 2 is 1.87 bits per heavy atom. The predicted octanol–water partition coefficient (Wildman–Crippen LogP) is 0.707. The molecule has 0 atom stereocenters. The molecule has 0 unspecified atom stereocenters. The van der Waals surface area contributed by atoms with E-state index in [1.807, 2.05) is 0 Å². The number of carbonyl (C=O) groups excluding carboxylic acids is 2. The average molecular weight is 329 g/mol. The van der Waals surface area contributed by atoms with Gasteiger partial charge in [-0.1, -0.05) is 12.1 Å². The lowest BCUT2D eigenvalue weighted by molar-refractivity contribution is -0.274. The Balaban J connectivity index is 1.82. The third-order valence-electron chi connectivity index (χ3n) is 2.48. The zero-order valence-electron chi connectivity index (χ0n) is 11.3. The van der Waals surface area contributed by atoms with Gasteiger partial charge in [0.05, 0.1) is 12.6 Å². The number of aromatic nitrogens is 3. The smallest absolute Gasteiger partial charge is 0.406 e. The quantitative estimate of drug-likeness (QED) is 0.716. The van der Waals surface area contributed by atoms with Crippen LogP contribution < -0.4 is 15.6 Å². The largest absolute Gasteiger partial charge is 0.573 e. The number of nitrogens with zero attached hydrogens (tertiary/aromatic N) is 2. The van der Waals surface area contributed by atoms with Crippen molar-refractivity contribution in [3.8, 4) is 5.75 Å². The molecule has 0 saturated heterocycles. The monoisotopic (exact) mass is 329 g/mol. The summed E-state index contributed by atoms with van der Waals surface area (Å²) in [7, 11) is 0. The molecule has 1 aromatic heterocycles. The molecule has 0 saturated carbocycles. The highest BCUT2D eigenvalue weighted by Gasteiger charge is 2.30. The van der Waals surface area contributed by atoms with Crippen LogP contribution in [0.2, 0.25) is 0 Å². The van der Waals surface area contributed by atoms with Gasteiger partial charge in [0.15, 0.2) is 5.69 Å². The van der Waals surface area contributed by atoms with Crippen LogP contribution >= 0.6 is 0 Å². The molecule has 0 radical (unpaired) electrons. The van der Waals surface area contributed by atoms with Crippen molar-refractivity contribution in [3.63, 3.8) is 0 Å². The Morgan fingerprint density at radius 3 is 2.43 bits per heavy atom. The van der Waals surface area contributed by atoms with Crippen molar-refractivity contribution in [2.75, 3.05) is 0 Å². The normalized spacial score (nSPS) is 10.9. The molecule has 0 fully saturated rings. The third-order valence-corrected chi connectivity index (χ3v) is 2.48. The van der Waals surface area contributed by atoms with Crippen LogP contribution in [0.1, 0.15) is 16.1 Å². The molecule has 0 bridgehead atoms. The Hall–Kier alpha value is -3.11. The van der Waals surface area contributed by atoms with Crippen LogP contribution in [0.3, 0.4) is 0 Å². The number of amides is 2. The number of carbonyl (C=O) groups is 2. The van der Waals surface area contributed by atoms with Gasteiger partial charge in [0.2, 0.25) is 5.91 Å². The van der Waals surface area contributed by atoms with Gasteiger partial charge in [0.1, 0.15) is 5.75 Å². The summed E-state index contributed by atoms with van der Waals surface area (Å²) < 4.78 is 39.7. The van der Waals surface area contributed by atoms with Crippen LogP contribution in [0.15, 0.2) is 30.5 Å². The molecule has 1 aromatic carbocycles. The molecule has 0 aliphatic carbocycles. The summed E-state index contributed by atoms with van der Waals surface area (Å²) in [5.74, 6) is -1.62. The van der Waals surface area contributed by atoms with Crippen molar-refractivity contribution in [2.24, 2.45) is 0 Å². The highest BCUT2D eigenvalue weighted by molar-refractivity contribution is 5.93. The highest BCUT2D eigenvalue weighted by Crippen LogP contribution is 2.22. The van der Waals surface area contributed by atoms with Crippen molar-refractivity contribution in [1.29, 1.82) is 0 Å². The maximum atomic E-state index is 12.0. The van der Waals surface area contributed by atoms with Crippen molar-refractivity contribution in [3.05, 3.63) is 41.7 Å². The fourth-order valence-corrected chi connectivity index (χ4v) is 1.54. The minimum Gasteiger partial charge on any atom is -0.406 e. The molecule has 0 aliphatic heterocycles. The fraction of sp³-hybridized carbons (Fsp3) is 0.167. The second-order valence-corrected chi connectivity index (χ2v) is 4.23. The number of alkyl halides is 3. The number of benzene rings is 1. The lowest BCUT2D eigenvalue weighted by Gasteiger charge is -2.09. The van der Waals surface area contributed by atoms with Crippen molar-refractivity contribution < 1.29 is 27.5 Å². The maximum Gasteiger partial charge on any atom is 0.573 e. The van der Waals surface area contributed by atoms with E-state index in [4.69, 9.17) is 0 Å². The first kappa shape index (κ1) is 16.3. The molecule has 1 heterocycles. The molecule has 2 rings (SSSR count). The van der Waals surface area contributed by atoms with Crippen molar-refractivity contribution in [2.45, 2.75) is 12.8 Å². The van der Waals surface area contributed by atoms with Gasteiger partial charge < -0.3 is 4.74 Å². The molecule has 11 heteroatoms. The van der Waals surface area contributed by atoms with Gasteiger partial charge in [0, 0.05) is 0 Å². The third kappa shape index (κ3) is 5.30. The van der Waals surface area contributed by atoms with E-state index < -0.39 is 18.2 Å². The SMILES string of the molecule is O=C(Cc1ccc(OC(F)(F)F)cc1)NNC(=O)c1cn[nH]n1. The Bertz CT molecular complexity index is 670. The van der Waals surface area contributed by atoms with Crippen LogP contribution in [0, 0.1) is 0 Å². The van der Waals surface area contributed by atoms with Crippen LogP contribution in [0.4, 0.5) is 13.2 Å².